The standard InChI is InChI=1S/C14H17BrN2OS/c1-9(2)13(12-5-4-6-19-12)16-14(18)11-7-10(15)8-17(11)3/h4-9,13H,1-3H3,(H,16,18). The number of nitrogens with one attached hydrogen (secondary N) is 1. The molecule has 0 radical (unpaired) electrons. The van der Waals surface area contributed by atoms with E-state index in [4.69, 9.17) is 0 Å². The SMILES string of the molecule is CC(C)C(NC(=O)c1cc(Br)cn1C)c1cccs1. The molecule has 0 aliphatic heterocycles. The van der Waals surface area contributed by atoms with E-state index < -0.39 is 0 Å². The summed E-state index contributed by atoms with van der Waals surface area (Å²) < 4.78 is 2.74. The highest BCUT2D eigenvalue weighted by atomic mass is 79.9. The summed E-state index contributed by atoms with van der Waals surface area (Å²) in [5.41, 5.74) is 0.661. The van der Waals surface area contributed by atoms with E-state index in [9.17, 15) is 4.79 Å². The third-order valence-electron chi connectivity index (χ3n) is 3.01. The lowest BCUT2D eigenvalue weighted by Crippen LogP contribution is -2.32. The van der Waals surface area contributed by atoms with Gasteiger partial charge in [-0.3, -0.25) is 4.79 Å². The first-order chi connectivity index (χ1) is 8.99. The van der Waals surface area contributed by atoms with Gasteiger partial charge in [0.1, 0.15) is 5.69 Å². The van der Waals surface area contributed by atoms with E-state index in [0.717, 1.165) is 4.47 Å². The topological polar surface area (TPSA) is 34.0 Å². The summed E-state index contributed by atoms with van der Waals surface area (Å²) in [6.45, 7) is 4.23. The van der Waals surface area contributed by atoms with E-state index in [0.29, 0.717) is 11.6 Å². The summed E-state index contributed by atoms with van der Waals surface area (Å²) in [5, 5.41) is 5.16. The molecule has 0 aliphatic rings. The van der Waals surface area contributed by atoms with Crippen LogP contribution in [0.3, 0.4) is 0 Å². The molecule has 3 nitrogen and oxygen atoms in total. The van der Waals surface area contributed by atoms with E-state index >= 15 is 0 Å². The Kier molecular flexibility index (Phi) is 4.47. The second-order valence-electron chi connectivity index (χ2n) is 4.87. The average Bonchev–Trinajstić information content (AvgIpc) is 2.95. The summed E-state index contributed by atoms with van der Waals surface area (Å²) in [6, 6.07) is 5.97. The second kappa shape index (κ2) is 5.92. The van der Waals surface area contributed by atoms with Gasteiger partial charge < -0.3 is 9.88 Å². The molecule has 0 saturated carbocycles. The molecule has 5 heteroatoms. The zero-order chi connectivity index (χ0) is 14.0. The summed E-state index contributed by atoms with van der Waals surface area (Å²) in [6.07, 6.45) is 1.88. The first-order valence-corrected chi connectivity index (χ1v) is 7.82. The molecule has 1 atom stereocenters. The molecule has 1 unspecified atom stereocenters. The third kappa shape index (κ3) is 3.28. The normalized spacial score (nSPS) is 12.7. The van der Waals surface area contributed by atoms with E-state index in [1.54, 1.807) is 11.3 Å². The number of halogens is 1. The van der Waals surface area contributed by atoms with E-state index in [2.05, 4.69) is 41.2 Å². The fraction of sp³-hybridized carbons (Fsp3) is 0.357. The van der Waals surface area contributed by atoms with Crippen molar-refractivity contribution in [3.63, 3.8) is 0 Å². The molecule has 1 N–H and O–H groups in total. The number of thiophene rings is 1. The van der Waals surface area contributed by atoms with Gasteiger partial charge in [0.2, 0.25) is 0 Å². The molecule has 2 aromatic heterocycles. The van der Waals surface area contributed by atoms with Crippen LogP contribution in [0.1, 0.15) is 35.3 Å². The molecule has 0 bridgehead atoms. The number of aryl methyl sites for hydroxylation is 1. The summed E-state index contributed by atoms with van der Waals surface area (Å²) >= 11 is 5.06. The van der Waals surface area contributed by atoms with Crippen LogP contribution in [-0.4, -0.2) is 10.5 Å². The van der Waals surface area contributed by atoms with Gasteiger partial charge in [-0.05, 0) is 39.4 Å². The molecular weight excluding hydrogens is 324 g/mol. The maximum absolute atomic E-state index is 12.3. The molecule has 0 aromatic carbocycles. The van der Waals surface area contributed by atoms with Gasteiger partial charge in [0.05, 0.1) is 6.04 Å². The van der Waals surface area contributed by atoms with Crippen LogP contribution in [0, 0.1) is 5.92 Å². The highest BCUT2D eigenvalue weighted by molar-refractivity contribution is 9.10. The maximum Gasteiger partial charge on any atom is 0.268 e. The molecule has 0 saturated heterocycles. The molecule has 0 aliphatic carbocycles. The zero-order valence-corrected chi connectivity index (χ0v) is 13.6. The maximum atomic E-state index is 12.3. The number of aromatic nitrogens is 1. The summed E-state index contributed by atoms with van der Waals surface area (Å²) in [7, 11) is 1.87. The predicted octanol–water partition coefficient (Wildman–Crippen LogP) is 3.98. The zero-order valence-electron chi connectivity index (χ0n) is 11.2. The fourth-order valence-corrected chi connectivity index (χ4v) is 3.47. The highest BCUT2D eigenvalue weighted by Crippen LogP contribution is 2.26. The smallest absolute Gasteiger partial charge is 0.268 e. The van der Waals surface area contributed by atoms with Crippen LogP contribution in [0.25, 0.3) is 0 Å². The lowest BCUT2D eigenvalue weighted by Gasteiger charge is -2.21. The Morgan fingerprint density at radius 1 is 1.47 bits per heavy atom. The Balaban J connectivity index is 2.18. The van der Waals surface area contributed by atoms with Crippen molar-refractivity contribution < 1.29 is 4.79 Å². The van der Waals surface area contributed by atoms with Crippen molar-refractivity contribution in [1.29, 1.82) is 0 Å². The molecule has 2 heterocycles. The van der Waals surface area contributed by atoms with Gasteiger partial charge in [-0.25, -0.2) is 0 Å². The fourth-order valence-electron chi connectivity index (χ4n) is 2.00. The second-order valence-corrected chi connectivity index (χ2v) is 6.76. The van der Waals surface area contributed by atoms with Crippen LogP contribution >= 0.6 is 27.3 Å². The van der Waals surface area contributed by atoms with Crippen molar-refractivity contribution in [2.24, 2.45) is 13.0 Å². The predicted molar refractivity (Wildman–Crippen MR) is 82.5 cm³/mol. The van der Waals surface area contributed by atoms with Crippen LogP contribution in [0.4, 0.5) is 0 Å². The molecule has 1 amide bonds. The van der Waals surface area contributed by atoms with Gasteiger partial charge in [-0.1, -0.05) is 19.9 Å². The van der Waals surface area contributed by atoms with Gasteiger partial charge in [0.25, 0.3) is 5.91 Å². The Morgan fingerprint density at radius 2 is 2.21 bits per heavy atom. The minimum absolute atomic E-state index is 0.0414. The Hall–Kier alpha value is -1.07. The van der Waals surface area contributed by atoms with E-state index in [-0.39, 0.29) is 11.9 Å². The van der Waals surface area contributed by atoms with Gasteiger partial charge >= 0.3 is 0 Å². The number of carbonyl (C=O) groups is 1. The Bertz CT molecular complexity index is 560. The first kappa shape index (κ1) is 14.3. The number of amides is 1. The quantitative estimate of drug-likeness (QED) is 0.897. The summed E-state index contributed by atoms with van der Waals surface area (Å²) in [4.78, 5) is 13.5. The highest BCUT2D eigenvalue weighted by Gasteiger charge is 2.21. The van der Waals surface area contributed by atoms with Gasteiger partial charge in [0, 0.05) is 22.6 Å². The van der Waals surface area contributed by atoms with Crippen LogP contribution in [-0.2, 0) is 7.05 Å². The lowest BCUT2D eigenvalue weighted by atomic mass is 10.0. The van der Waals surface area contributed by atoms with Crippen LogP contribution in [0.2, 0.25) is 0 Å². The number of hydrogen-bond acceptors (Lipinski definition) is 2. The van der Waals surface area contributed by atoms with E-state index in [1.165, 1.54) is 4.88 Å². The van der Waals surface area contributed by atoms with Crippen molar-refractivity contribution in [2.45, 2.75) is 19.9 Å². The van der Waals surface area contributed by atoms with Crippen LogP contribution in [0.15, 0.2) is 34.2 Å². The Labute approximate surface area is 125 Å². The van der Waals surface area contributed by atoms with Crippen molar-refractivity contribution in [1.82, 2.24) is 9.88 Å². The van der Waals surface area contributed by atoms with E-state index in [1.807, 2.05) is 35.3 Å². The molecule has 0 spiro atoms. The van der Waals surface area contributed by atoms with Crippen molar-refractivity contribution in [2.75, 3.05) is 0 Å². The van der Waals surface area contributed by atoms with Gasteiger partial charge in [-0.15, -0.1) is 11.3 Å². The van der Waals surface area contributed by atoms with Crippen molar-refractivity contribution in [3.05, 3.63) is 44.8 Å². The molecule has 19 heavy (non-hydrogen) atoms. The van der Waals surface area contributed by atoms with Crippen molar-refractivity contribution in [3.8, 4) is 0 Å². The first-order valence-electron chi connectivity index (χ1n) is 6.15. The van der Waals surface area contributed by atoms with Crippen molar-refractivity contribution >= 4 is 33.2 Å². The van der Waals surface area contributed by atoms with Crippen LogP contribution in [0.5, 0.6) is 0 Å². The monoisotopic (exact) mass is 340 g/mol. The van der Waals surface area contributed by atoms with Crippen LogP contribution < -0.4 is 5.32 Å². The third-order valence-corrected chi connectivity index (χ3v) is 4.40. The molecule has 2 rings (SSSR count). The molecular formula is C14H17BrN2OS. The number of hydrogen-bond donors (Lipinski definition) is 1. The number of rotatable bonds is 4. The van der Waals surface area contributed by atoms with Gasteiger partial charge in [-0.2, -0.15) is 0 Å². The Morgan fingerprint density at radius 3 is 2.68 bits per heavy atom. The van der Waals surface area contributed by atoms with Gasteiger partial charge in [0.15, 0.2) is 0 Å². The molecule has 2 aromatic rings. The molecule has 102 valence electrons. The average molecular weight is 341 g/mol. The minimum Gasteiger partial charge on any atom is -0.345 e. The minimum atomic E-state index is -0.0414. The number of nitrogens with zero attached hydrogens (tertiary/aromatic N) is 1. The lowest BCUT2D eigenvalue weighted by molar-refractivity contribution is 0.0918. The number of carbonyl (C=O) groups excluding carboxylic acids is 1. The summed E-state index contributed by atoms with van der Waals surface area (Å²) in [5.74, 6) is 0.312. The molecule has 0 fully saturated rings. The largest absolute Gasteiger partial charge is 0.345 e.